The van der Waals surface area contributed by atoms with Crippen LogP contribution in [0.2, 0.25) is 0 Å². The van der Waals surface area contributed by atoms with Gasteiger partial charge in [0.2, 0.25) is 6.04 Å². The second kappa shape index (κ2) is 3.85. The van der Waals surface area contributed by atoms with Crippen LogP contribution >= 0.6 is 0 Å². The van der Waals surface area contributed by atoms with Crippen LogP contribution in [0.4, 0.5) is 0 Å². The van der Waals surface area contributed by atoms with Crippen molar-refractivity contribution in [3.63, 3.8) is 0 Å². The molecule has 1 N–H and O–H groups in total. The fourth-order valence-corrected chi connectivity index (χ4v) is 1.06. The van der Waals surface area contributed by atoms with Crippen LogP contribution in [-0.4, -0.2) is 22.2 Å². The molecule has 0 fully saturated rings. The zero-order valence-corrected chi connectivity index (χ0v) is 8.07. The normalized spacial score (nSPS) is 17.1. The minimum atomic E-state index is -0.877. The molecule has 0 aromatic carbocycles. The van der Waals surface area contributed by atoms with Gasteiger partial charge in [0.05, 0.1) is 0 Å². The predicted octanol–water partition coefficient (Wildman–Crippen LogP) is 1.45. The van der Waals surface area contributed by atoms with Gasteiger partial charge in [-0.15, -0.1) is 0 Å². The average molecular weight is 175 g/mol. The highest BCUT2D eigenvalue weighted by Gasteiger charge is 2.36. The third-order valence-electron chi connectivity index (χ3n) is 1.94. The Kier molecular flexibility index (Phi) is 3.64. The molecule has 4 nitrogen and oxygen atoms in total. The molecular weight excluding hydrogens is 158 g/mol. The molecule has 0 aromatic heterocycles. The van der Waals surface area contributed by atoms with Gasteiger partial charge in [0.1, 0.15) is 6.10 Å². The SMILES string of the molecule is CCC(C(O)C(C)(C)C)[N+](=O)[O-]. The first-order valence-electron chi connectivity index (χ1n) is 4.12. The maximum absolute atomic E-state index is 10.5. The molecule has 0 saturated carbocycles. The fourth-order valence-electron chi connectivity index (χ4n) is 1.06. The van der Waals surface area contributed by atoms with Crippen molar-refractivity contribution in [2.75, 3.05) is 0 Å². The average Bonchev–Trinajstić information content (AvgIpc) is 1.86. The van der Waals surface area contributed by atoms with E-state index in [-0.39, 0.29) is 0 Å². The number of hydrogen-bond acceptors (Lipinski definition) is 3. The second-order valence-electron chi connectivity index (χ2n) is 4.07. The number of nitro groups is 1. The van der Waals surface area contributed by atoms with Gasteiger partial charge in [-0.05, 0) is 5.41 Å². The van der Waals surface area contributed by atoms with Crippen LogP contribution in [0, 0.1) is 15.5 Å². The zero-order valence-electron chi connectivity index (χ0n) is 8.07. The molecular formula is C8H17NO3. The fraction of sp³-hybridized carbons (Fsp3) is 1.00. The molecule has 4 heteroatoms. The number of hydrogen-bond donors (Lipinski definition) is 1. The van der Waals surface area contributed by atoms with Crippen LogP contribution in [0.1, 0.15) is 34.1 Å². The first-order valence-corrected chi connectivity index (χ1v) is 4.12. The second-order valence-corrected chi connectivity index (χ2v) is 4.07. The molecule has 2 atom stereocenters. The van der Waals surface area contributed by atoms with E-state index < -0.39 is 22.5 Å². The van der Waals surface area contributed by atoms with Gasteiger partial charge in [0.25, 0.3) is 0 Å². The maximum Gasteiger partial charge on any atom is 0.238 e. The van der Waals surface area contributed by atoms with Crippen molar-refractivity contribution in [2.45, 2.75) is 46.3 Å². The van der Waals surface area contributed by atoms with Crippen molar-refractivity contribution in [1.29, 1.82) is 0 Å². The summed E-state index contributed by atoms with van der Waals surface area (Å²) >= 11 is 0. The van der Waals surface area contributed by atoms with Crippen molar-refractivity contribution in [2.24, 2.45) is 5.41 Å². The lowest BCUT2D eigenvalue weighted by Crippen LogP contribution is -2.41. The van der Waals surface area contributed by atoms with E-state index in [9.17, 15) is 15.2 Å². The molecule has 0 amide bonds. The van der Waals surface area contributed by atoms with E-state index >= 15 is 0 Å². The third kappa shape index (κ3) is 2.77. The standard InChI is InChI=1S/C8H17NO3/c1-5-6(9(11)12)7(10)8(2,3)4/h6-7,10H,5H2,1-4H3. The van der Waals surface area contributed by atoms with E-state index in [1.54, 1.807) is 27.7 Å². The highest BCUT2D eigenvalue weighted by atomic mass is 16.6. The molecule has 0 bridgehead atoms. The molecule has 2 unspecified atom stereocenters. The lowest BCUT2D eigenvalue weighted by Gasteiger charge is -2.27. The minimum absolute atomic E-state index is 0.367. The summed E-state index contributed by atoms with van der Waals surface area (Å²) in [5.74, 6) is 0. The molecule has 72 valence electrons. The number of aliphatic hydroxyl groups is 1. The van der Waals surface area contributed by atoms with Crippen molar-refractivity contribution in [1.82, 2.24) is 0 Å². The van der Waals surface area contributed by atoms with E-state index in [1.807, 2.05) is 0 Å². The molecule has 0 radical (unpaired) electrons. The molecule has 0 aromatic rings. The molecule has 0 saturated heterocycles. The van der Waals surface area contributed by atoms with Crippen molar-refractivity contribution in [3.8, 4) is 0 Å². The Bertz CT molecular complexity index is 162. The smallest absolute Gasteiger partial charge is 0.238 e. The van der Waals surface area contributed by atoms with Crippen LogP contribution in [0.5, 0.6) is 0 Å². The number of rotatable bonds is 3. The first-order chi connectivity index (χ1) is 5.30. The molecule has 0 rings (SSSR count). The minimum Gasteiger partial charge on any atom is -0.385 e. The van der Waals surface area contributed by atoms with Gasteiger partial charge in [-0.2, -0.15) is 0 Å². The largest absolute Gasteiger partial charge is 0.385 e. The third-order valence-corrected chi connectivity index (χ3v) is 1.94. The van der Waals surface area contributed by atoms with Crippen molar-refractivity contribution in [3.05, 3.63) is 10.1 Å². The summed E-state index contributed by atoms with van der Waals surface area (Å²) in [5, 5.41) is 20.0. The summed E-state index contributed by atoms with van der Waals surface area (Å²) in [6, 6.07) is -0.843. The maximum atomic E-state index is 10.5. The summed E-state index contributed by atoms with van der Waals surface area (Å²) in [6.07, 6.45) is -0.511. The van der Waals surface area contributed by atoms with Gasteiger partial charge in [-0.3, -0.25) is 10.1 Å². The number of nitrogens with zero attached hydrogens (tertiary/aromatic N) is 1. The van der Waals surface area contributed by atoms with Crippen LogP contribution in [0.3, 0.4) is 0 Å². The zero-order chi connectivity index (χ0) is 9.94. The lowest BCUT2D eigenvalue weighted by atomic mass is 9.84. The van der Waals surface area contributed by atoms with Gasteiger partial charge >= 0.3 is 0 Å². The van der Waals surface area contributed by atoms with Crippen LogP contribution in [0.15, 0.2) is 0 Å². The summed E-state index contributed by atoms with van der Waals surface area (Å²) < 4.78 is 0. The Morgan fingerprint density at radius 3 is 2.00 bits per heavy atom. The topological polar surface area (TPSA) is 63.4 Å². The highest BCUT2D eigenvalue weighted by Crippen LogP contribution is 2.24. The summed E-state index contributed by atoms with van der Waals surface area (Å²) in [7, 11) is 0. The first kappa shape index (κ1) is 11.4. The quantitative estimate of drug-likeness (QED) is 0.521. The van der Waals surface area contributed by atoms with Gasteiger partial charge < -0.3 is 5.11 Å². The lowest BCUT2D eigenvalue weighted by molar-refractivity contribution is -0.538. The van der Waals surface area contributed by atoms with Crippen LogP contribution < -0.4 is 0 Å². The van der Waals surface area contributed by atoms with Gasteiger partial charge in [0, 0.05) is 11.3 Å². The Labute approximate surface area is 72.7 Å². The van der Waals surface area contributed by atoms with E-state index in [2.05, 4.69) is 0 Å². The van der Waals surface area contributed by atoms with Gasteiger partial charge in [-0.25, -0.2) is 0 Å². The molecule has 0 aliphatic carbocycles. The Morgan fingerprint density at radius 1 is 1.50 bits per heavy atom. The summed E-state index contributed by atoms with van der Waals surface area (Å²) in [5.41, 5.74) is -0.423. The van der Waals surface area contributed by atoms with E-state index in [4.69, 9.17) is 0 Å². The van der Waals surface area contributed by atoms with Crippen LogP contribution in [-0.2, 0) is 0 Å². The van der Waals surface area contributed by atoms with Crippen molar-refractivity contribution >= 4 is 0 Å². The Morgan fingerprint density at radius 2 is 1.92 bits per heavy atom. The van der Waals surface area contributed by atoms with E-state index in [0.717, 1.165) is 0 Å². The summed E-state index contributed by atoms with van der Waals surface area (Å²) in [4.78, 5) is 10.1. The number of aliphatic hydroxyl groups excluding tert-OH is 1. The molecule has 0 spiro atoms. The molecule has 12 heavy (non-hydrogen) atoms. The highest BCUT2D eigenvalue weighted by molar-refractivity contribution is 4.78. The van der Waals surface area contributed by atoms with Crippen molar-refractivity contribution < 1.29 is 10.0 Å². The molecule has 0 aliphatic heterocycles. The summed E-state index contributed by atoms with van der Waals surface area (Å²) in [6.45, 7) is 7.10. The van der Waals surface area contributed by atoms with Gasteiger partial charge in [-0.1, -0.05) is 27.7 Å². The van der Waals surface area contributed by atoms with Crippen LogP contribution in [0.25, 0.3) is 0 Å². The molecule has 0 aliphatic rings. The Hall–Kier alpha value is -0.640. The molecule has 0 heterocycles. The van der Waals surface area contributed by atoms with E-state index in [0.29, 0.717) is 6.42 Å². The monoisotopic (exact) mass is 175 g/mol. The van der Waals surface area contributed by atoms with E-state index in [1.165, 1.54) is 0 Å². The Balaban J connectivity index is 4.42. The predicted molar refractivity (Wildman–Crippen MR) is 46.5 cm³/mol. The van der Waals surface area contributed by atoms with Gasteiger partial charge in [0.15, 0.2) is 0 Å².